The topological polar surface area (TPSA) is 97.8 Å². The van der Waals surface area contributed by atoms with Gasteiger partial charge in [0.25, 0.3) is 0 Å². The Balaban J connectivity index is 2.08. The molecule has 0 aliphatic carbocycles. The van der Waals surface area contributed by atoms with E-state index in [1.54, 1.807) is 0 Å². The van der Waals surface area contributed by atoms with Crippen LogP contribution in [-0.4, -0.2) is 31.1 Å². The van der Waals surface area contributed by atoms with Gasteiger partial charge in [0, 0.05) is 54.1 Å². The molecule has 0 saturated carbocycles. The molecular weight excluding hydrogens is 274 g/mol. The standard InChI is InChI=1S/C17H25N5/c1-17(2)6-12(11-22-17)10-21-16-4-3-13(5-14(16)7-18)15(8-19)9-20/h3-5,7-9,12,18-19,21-22H,6,10-11,20H2,1-2H3/b15-9+,18-7?,19-8?. The highest BCUT2D eigenvalue weighted by Crippen LogP contribution is 2.25. The lowest BCUT2D eigenvalue weighted by Crippen LogP contribution is -2.31. The maximum absolute atomic E-state index is 7.60. The average Bonchev–Trinajstić information content (AvgIpc) is 2.86. The minimum absolute atomic E-state index is 0.214. The molecule has 0 spiro atoms. The highest BCUT2D eigenvalue weighted by atomic mass is 15.0. The Morgan fingerprint density at radius 1 is 1.45 bits per heavy atom. The normalized spacial score (nSPS) is 20.6. The van der Waals surface area contributed by atoms with Crippen LogP contribution >= 0.6 is 0 Å². The molecule has 1 heterocycles. The number of anilines is 1. The van der Waals surface area contributed by atoms with Crippen molar-refractivity contribution in [3.63, 3.8) is 0 Å². The van der Waals surface area contributed by atoms with E-state index in [0.29, 0.717) is 11.5 Å². The number of rotatable bonds is 6. The zero-order valence-electron chi connectivity index (χ0n) is 13.2. The van der Waals surface area contributed by atoms with E-state index in [1.165, 1.54) is 18.6 Å². The van der Waals surface area contributed by atoms with E-state index in [2.05, 4.69) is 24.5 Å². The molecule has 22 heavy (non-hydrogen) atoms. The molecule has 0 radical (unpaired) electrons. The minimum atomic E-state index is 0.214. The molecule has 1 aliphatic rings. The summed E-state index contributed by atoms with van der Waals surface area (Å²) in [4.78, 5) is 0. The SMILES string of the molecule is CC1(C)CC(CNc2ccc(/C(C=N)=C/N)cc2C=N)CN1. The Hall–Kier alpha value is -2.14. The van der Waals surface area contributed by atoms with Gasteiger partial charge in [0.1, 0.15) is 0 Å². The van der Waals surface area contributed by atoms with Crippen molar-refractivity contribution in [1.82, 2.24) is 5.32 Å². The molecule has 5 heteroatoms. The van der Waals surface area contributed by atoms with Gasteiger partial charge < -0.3 is 27.2 Å². The Morgan fingerprint density at radius 2 is 2.23 bits per heavy atom. The molecule has 5 nitrogen and oxygen atoms in total. The molecule has 2 rings (SSSR count). The van der Waals surface area contributed by atoms with Gasteiger partial charge in [0.15, 0.2) is 0 Å². The molecule has 0 bridgehead atoms. The summed E-state index contributed by atoms with van der Waals surface area (Å²) in [5, 5.41) is 21.9. The summed E-state index contributed by atoms with van der Waals surface area (Å²) in [6.45, 7) is 6.36. The Bertz CT molecular complexity index is 589. The molecule has 6 N–H and O–H groups in total. The molecule has 0 aromatic heterocycles. The Kier molecular flexibility index (Phi) is 4.98. The zero-order chi connectivity index (χ0) is 16.2. The quantitative estimate of drug-likeness (QED) is 0.522. The first-order valence-corrected chi connectivity index (χ1v) is 7.55. The van der Waals surface area contributed by atoms with Crippen molar-refractivity contribution in [2.75, 3.05) is 18.4 Å². The summed E-state index contributed by atoms with van der Waals surface area (Å²) >= 11 is 0. The molecule has 1 aromatic carbocycles. The van der Waals surface area contributed by atoms with Gasteiger partial charge in [-0.05, 0) is 43.9 Å². The van der Waals surface area contributed by atoms with Crippen molar-refractivity contribution in [2.45, 2.75) is 25.8 Å². The number of allylic oxidation sites excluding steroid dienone is 1. The third kappa shape index (κ3) is 3.74. The van der Waals surface area contributed by atoms with Crippen molar-refractivity contribution in [3.05, 3.63) is 35.5 Å². The summed E-state index contributed by atoms with van der Waals surface area (Å²) in [5.74, 6) is 0.592. The summed E-state index contributed by atoms with van der Waals surface area (Å²) in [5.41, 5.74) is 8.99. The minimum Gasteiger partial charge on any atom is -0.404 e. The Morgan fingerprint density at radius 3 is 2.77 bits per heavy atom. The molecule has 1 atom stereocenters. The lowest BCUT2D eigenvalue weighted by Gasteiger charge is -2.18. The summed E-state index contributed by atoms with van der Waals surface area (Å²) in [7, 11) is 0. The molecule has 1 aromatic rings. The van der Waals surface area contributed by atoms with Crippen molar-refractivity contribution < 1.29 is 0 Å². The number of hydrogen-bond acceptors (Lipinski definition) is 5. The maximum Gasteiger partial charge on any atom is 0.0429 e. The van der Waals surface area contributed by atoms with Gasteiger partial charge >= 0.3 is 0 Å². The van der Waals surface area contributed by atoms with Crippen LogP contribution in [0.4, 0.5) is 5.69 Å². The van der Waals surface area contributed by atoms with Crippen LogP contribution < -0.4 is 16.4 Å². The molecule has 1 aliphatic heterocycles. The fourth-order valence-electron chi connectivity index (χ4n) is 2.94. The monoisotopic (exact) mass is 299 g/mol. The van der Waals surface area contributed by atoms with E-state index >= 15 is 0 Å². The number of benzene rings is 1. The van der Waals surface area contributed by atoms with E-state index in [-0.39, 0.29) is 5.54 Å². The summed E-state index contributed by atoms with van der Waals surface area (Å²) < 4.78 is 0. The summed E-state index contributed by atoms with van der Waals surface area (Å²) in [6, 6.07) is 5.77. The highest BCUT2D eigenvalue weighted by molar-refractivity contribution is 6.08. The van der Waals surface area contributed by atoms with Gasteiger partial charge in [0.05, 0.1) is 0 Å². The molecule has 1 fully saturated rings. The van der Waals surface area contributed by atoms with Gasteiger partial charge in [0.2, 0.25) is 0 Å². The van der Waals surface area contributed by atoms with Crippen LogP contribution in [0.3, 0.4) is 0 Å². The first-order valence-electron chi connectivity index (χ1n) is 7.55. The van der Waals surface area contributed by atoms with Gasteiger partial charge in [-0.2, -0.15) is 0 Å². The fourth-order valence-corrected chi connectivity index (χ4v) is 2.94. The van der Waals surface area contributed by atoms with E-state index in [0.717, 1.165) is 36.3 Å². The van der Waals surface area contributed by atoms with E-state index < -0.39 is 0 Å². The van der Waals surface area contributed by atoms with Crippen LogP contribution in [0.15, 0.2) is 24.4 Å². The van der Waals surface area contributed by atoms with Crippen LogP contribution in [0.25, 0.3) is 5.57 Å². The van der Waals surface area contributed by atoms with Crippen LogP contribution in [-0.2, 0) is 0 Å². The number of hydrogen-bond donors (Lipinski definition) is 5. The summed E-state index contributed by atoms with van der Waals surface area (Å²) in [6.07, 6.45) is 5.12. The van der Waals surface area contributed by atoms with Crippen LogP contribution in [0.1, 0.15) is 31.4 Å². The van der Waals surface area contributed by atoms with Gasteiger partial charge in [-0.15, -0.1) is 0 Å². The van der Waals surface area contributed by atoms with E-state index in [1.807, 2.05) is 18.2 Å². The number of nitrogens with one attached hydrogen (secondary N) is 4. The van der Waals surface area contributed by atoms with Crippen LogP contribution in [0.2, 0.25) is 0 Å². The van der Waals surface area contributed by atoms with Crippen molar-refractivity contribution in [2.24, 2.45) is 11.7 Å². The predicted octanol–water partition coefficient (Wildman–Crippen LogP) is 2.43. The highest BCUT2D eigenvalue weighted by Gasteiger charge is 2.29. The predicted molar refractivity (Wildman–Crippen MR) is 94.0 cm³/mol. The second-order valence-electron chi connectivity index (χ2n) is 6.43. The fraction of sp³-hybridized carbons (Fsp3) is 0.412. The molecule has 1 unspecified atom stereocenters. The van der Waals surface area contributed by atoms with Crippen molar-refractivity contribution >= 4 is 23.7 Å². The largest absolute Gasteiger partial charge is 0.404 e. The number of nitrogens with two attached hydrogens (primary N) is 1. The van der Waals surface area contributed by atoms with Crippen LogP contribution in [0, 0.1) is 16.7 Å². The maximum atomic E-state index is 7.60. The zero-order valence-corrected chi connectivity index (χ0v) is 13.2. The van der Waals surface area contributed by atoms with Gasteiger partial charge in [-0.3, -0.25) is 0 Å². The second kappa shape index (κ2) is 6.75. The first kappa shape index (κ1) is 16.2. The van der Waals surface area contributed by atoms with Crippen molar-refractivity contribution in [1.29, 1.82) is 10.8 Å². The Labute approximate surface area is 132 Å². The lowest BCUT2D eigenvalue weighted by atomic mass is 9.97. The van der Waals surface area contributed by atoms with E-state index in [9.17, 15) is 0 Å². The third-order valence-corrected chi connectivity index (χ3v) is 4.12. The first-order chi connectivity index (χ1) is 10.5. The second-order valence-corrected chi connectivity index (χ2v) is 6.43. The molecule has 1 saturated heterocycles. The van der Waals surface area contributed by atoms with E-state index in [4.69, 9.17) is 16.6 Å². The van der Waals surface area contributed by atoms with Crippen LogP contribution in [0.5, 0.6) is 0 Å². The smallest absolute Gasteiger partial charge is 0.0429 e. The lowest BCUT2D eigenvalue weighted by molar-refractivity contribution is 0.445. The van der Waals surface area contributed by atoms with Gasteiger partial charge in [-0.25, -0.2) is 0 Å². The van der Waals surface area contributed by atoms with Gasteiger partial charge in [-0.1, -0.05) is 6.07 Å². The van der Waals surface area contributed by atoms with Crippen molar-refractivity contribution in [3.8, 4) is 0 Å². The molecule has 118 valence electrons. The molecular formula is C17H25N5. The average molecular weight is 299 g/mol. The third-order valence-electron chi connectivity index (χ3n) is 4.12. The molecule has 0 amide bonds.